The van der Waals surface area contributed by atoms with Crippen molar-refractivity contribution in [1.29, 1.82) is 0 Å². The fraction of sp³-hybridized carbons (Fsp3) is 0.154. The second-order valence-corrected chi connectivity index (χ2v) is 16.5. The first-order chi connectivity index (χ1) is 28.4. The van der Waals surface area contributed by atoms with Crippen molar-refractivity contribution in [3.63, 3.8) is 0 Å². The lowest BCUT2D eigenvalue weighted by molar-refractivity contribution is -0.407. The lowest BCUT2D eigenvalue weighted by Crippen LogP contribution is -2.81. The minimum Gasteiger partial charge on any atom is -0.354 e. The van der Waals surface area contributed by atoms with Gasteiger partial charge in [0.05, 0.1) is 0 Å². The molecule has 0 spiro atoms. The number of aryl methyl sites for hydroxylation is 2. The van der Waals surface area contributed by atoms with Gasteiger partial charge in [0.25, 0.3) is 0 Å². The van der Waals surface area contributed by atoms with Gasteiger partial charge in [0.2, 0.25) is 0 Å². The van der Waals surface area contributed by atoms with Crippen LogP contribution in [0.2, 0.25) is 0 Å². The molecule has 0 unspecified atom stereocenters. The number of aromatic nitrogens is 2. The van der Waals surface area contributed by atoms with E-state index in [-0.39, 0.29) is 5.92 Å². The van der Waals surface area contributed by atoms with E-state index in [1.165, 1.54) is 71.8 Å². The maximum Gasteiger partial charge on any atom is 0.434 e. The second kappa shape index (κ2) is 19.5. The monoisotopic (exact) mass is 800 g/mol. The van der Waals surface area contributed by atoms with Crippen molar-refractivity contribution >= 4 is 48.6 Å². The Bertz CT molecular complexity index is 2740. The molecule has 2 aromatic heterocycles. The molecule has 0 fully saturated rings. The number of nitrogens with two attached hydrogens (primary N) is 1. The Morgan fingerprint density at radius 1 is 0.458 bits per heavy atom. The summed E-state index contributed by atoms with van der Waals surface area (Å²) in [6.07, 6.45) is 0. The molecule has 59 heavy (non-hydrogen) atoms. The molecule has 0 aliphatic carbocycles. The lowest BCUT2D eigenvalue weighted by Gasteiger charge is -2.08. The van der Waals surface area contributed by atoms with Gasteiger partial charge in [-0.1, -0.05) is 185 Å². The Balaban J connectivity index is 0.000000133. The first-order valence-electron chi connectivity index (χ1n) is 20.1. The smallest absolute Gasteiger partial charge is 0.354 e. The summed E-state index contributed by atoms with van der Waals surface area (Å²) < 4.78 is 30.9. The van der Waals surface area contributed by atoms with E-state index in [0.717, 1.165) is 10.3 Å². The largest absolute Gasteiger partial charge is 0.434 e. The topological polar surface area (TPSA) is 103 Å². The van der Waals surface area contributed by atoms with Crippen LogP contribution in [0.1, 0.15) is 61.8 Å². The molecular formula is C52H54N3O3S+. The van der Waals surface area contributed by atoms with Gasteiger partial charge in [0, 0.05) is 44.8 Å². The molecule has 0 bridgehead atoms. The average Bonchev–Trinajstić information content (AvgIpc) is 3.77. The summed E-state index contributed by atoms with van der Waals surface area (Å²) in [6, 6.07) is 59.9. The average molecular weight is 801 g/mol. The number of quaternary nitrogens is 1. The minimum absolute atomic E-state index is 0.226. The third kappa shape index (κ3) is 10.8. The van der Waals surface area contributed by atoms with Gasteiger partial charge in [-0.05, 0) is 76.4 Å². The first kappa shape index (κ1) is 42.4. The number of nitrogens with one attached hydrogen (secondary N) is 2. The molecule has 2 heterocycles. The molecule has 0 saturated carbocycles. The van der Waals surface area contributed by atoms with Gasteiger partial charge in [-0.2, -0.15) is 4.72 Å². The Labute approximate surface area is 348 Å². The van der Waals surface area contributed by atoms with Gasteiger partial charge in [-0.15, -0.1) is 8.42 Å². The maximum atomic E-state index is 10.7. The summed E-state index contributed by atoms with van der Waals surface area (Å²) in [6.45, 7) is 12.7. The predicted molar refractivity (Wildman–Crippen MR) is 249 cm³/mol. The van der Waals surface area contributed by atoms with Gasteiger partial charge >= 0.3 is 10.3 Å². The molecule has 6 nitrogen and oxygen atoms in total. The van der Waals surface area contributed by atoms with Crippen molar-refractivity contribution in [3.05, 3.63) is 198 Å². The van der Waals surface area contributed by atoms with Gasteiger partial charge in [0.1, 0.15) is 5.69 Å². The number of hydrogen-bond acceptors (Lipinski definition) is 2. The molecule has 300 valence electrons. The minimum atomic E-state index is -4.06. The molecule has 0 saturated heterocycles. The van der Waals surface area contributed by atoms with E-state index in [4.69, 9.17) is 4.55 Å². The standard InChI is InChI=1S/2C15H13N.C13H14.C9H13NO3S/c2*1-11-13-9-5-6-10-14(13)16-15(11)12-7-3-2-4-8-12;1-10(2)12-9-5-7-11-6-3-4-8-13(11)12;1-7(2)8-5-3-4-6-9(8)10-14(11,12)13/h2*2-10,16H,1H3;3-10H,1-2H3;3-7,10H,1-2H3,(H,11,12,13)/p+1. The van der Waals surface area contributed by atoms with E-state index in [1.54, 1.807) is 12.1 Å². The zero-order valence-electron chi connectivity index (χ0n) is 34.6. The maximum absolute atomic E-state index is 10.7. The van der Waals surface area contributed by atoms with Crippen molar-refractivity contribution in [2.75, 3.05) is 0 Å². The van der Waals surface area contributed by atoms with Crippen LogP contribution in [0.5, 0.6) is 0 Å². The summed E-state index contributed by atoms with van der Waals surface area (Å²) in [5.41, 5.74) is 12.9. The molecule has 0 amide bonds. The predicted octanol–water partition coefficient (Wildman–Crippen LogP) is 13.1. The highest BCUT2D eigenvalue weighted by atomic mass is 32.2. The van der Waals surface area contributed by atoms with Crippen LogP contribution in [0.25, 0.3) is 55.1 Å². The number of hydrogen-bond donors (Lipinski definition) is 4. The number of benzene rings is 7. The highest BCUT2D eigenvalue weighted by Crippen LogP contribution is 2.30. The summed E-state index contributed by atoms with van der Waals surface area (Å²) in [7, 11) is -4.06. The van der Waals surface area contributed by atoms with Crippen LogP contribution in [-0.2, 0) is 10.3 Å². The number of para-hydroxylation sites is 2. The zero-order valence-corrected chi connectivity index (χ0v) is 35.5. The van der Waals surface area contributed by atoms with Crippen molar-refractivity contribution in [2.45, 2.75) is 53.4 Å². The third-order valence-corrected chi connectivity index (χ3v) is 10.9. The third-order valence-electron chi connectivity index (χ3n) is 10.4. The molecule has 7 aromatic carbocycles. The quantitative estimate of drug-likeness (QED) is 0.0994. The number of fused-ring (bicyclic) bond motifs is 3. The molecule has 9 rings (SSSR count). The number of aromatic amines is 2. The van der Waals surface area contributed by atoms with Crippen LogP contribution in [0, 0.1) is 13.8 Å². The molecule has 0 radical (unpaired) electrons. The van der Waals surface area contributed by atoms with E-state index in [0.29, 0.717) is 11.6 Å². The molecule has 7 heteroatoms. The molecule has 5 N–H and O–H groups in total. The molecule has 0 aliphatic heterocycles. The van der Waals surface area contributed by atoms with Crippen molar-refractivity contribution in [2.24, 2.45) is 0 Å². The number of rotatable bonds is 6. The lowest BCUT2D eigenvalue weighted by atomic mass is 9.96. The van der Waals surface area contributed by atoms with Crippen molar-refractivity contribution in [3.8, 4) is 22.5 Å². The highest BCUT2D eigenvalue weighted by Gasteiger charge is 2.15. The zero-order chi connectivity index (χ0) is 41.9. The van der Waals surface area contributed by atoms with Crippen molar-refractivity contribution in [1.82, 2.24) is 9.97 Å². The summed E-state index contributed by atoms with van der Waals surface area (Å²) >= 11 is 0. The molecule has 9 aromatic rings. The van der Waals surface area contributed by atoms with E-state index in [2.05, 4.69) is 177 Å². The van der Waals surface area contributed by atoms with Crippen LogP contribution in [0.4, 0.5) is 5.69 Å². The van der Waals surface area contributed by atoms with Crippen molar-refractivity contribution < 1.29 is 17.7 Å². The van der Waals surface area contributed by atoms with Crippen LogP contribution in [-0.4, -0.2) is 22.9 Å². The molecular weight excluding hydrogens is 747 g/mol. The van der Waals surface area contributed by atoms with E-state index in [1.807, 2.05) is 38.1 Å². The normalized spacial score (nSPS) is 11.1. The van der Waals surface area contributed by atoms with Crippen LogP contribution >= 0.6 is 0 Å². The molecule has 0 aliphatic rings. The highest BCUT2D eigenvalue weighted by molar-refractivity contribution is 7.79. The summed E-state index contributed by atoms with van der Waals surface area (Å²) in [5, 5.41) is 5.34. The second-order valence-electron chi connectivity index (χ2n) is 15.2. The van der Waals surface area contributed by atoms with Gasteiger partial charge < -0.3 is 9.97 Å². The van der Waals surface area contributed by atoms with Crippen LogP contribution in [0.15, 0.2) is 176 Å². The fourth-order valence-electron chi connectivity index (χ4n) is 7.41. The Hall–Kier alpha value is -6.25. The van der Waals surface area contributed by atoms with E-state index < -0.39 is 10.3 Å². The number of H-pyrrole nitrogens is 2. The van der Waals surface area contributed by atoms with Gasteiger partial charge in [0.15, 0.2) is 0 Å². The first-order valence-corrected chi connectivity index (χ1v) is 21.6. The Morgan fingerprint density at radius 3 is 1.32 bits per heavy atom. The molecule has 0 atom stereocenters. The Kier molecular flexibility index (Phi) is 14.0. The van der Waals surface area contributed by atoms with Crippen LogP contribution < -0.4 is 4.72 Å². The summed E-state index contributed by atoms with van der Waals surface area (Å²) in [4.78, 5) is 6.96. The van der Waals surface area contributed by atoms with Gasteiger partial charge in [-0.3, -0.25) is 0 Å². The van der Waals surface area contributed by atoms with E-state index >= 15 is 0 Å². The SMILES string of the molecule is CC(C)c1cccc2ccccc12.CC(C)c1ccccc1[NH2+]S(=O)(=O)O.Cc1c(-c2ccccc2)[nH]c2ccccc12.Cc1c(-c2ccccc2)[nH]c2ccccc12. The van der Waals surface area contributed by atoms with E-state index in [9.17, 15) is 8.42 Å². The fourth-order valence-corrected chi connectivity index (χ4v) is 7.95. The Morgan fingerprint density at radius 2 is 0.847 bits per heavy atom. The summed E-state index contributed by atoms with van der Waals surface area (Å²) in [5.74, 6) is 0.829. The van der Waals surface area contributed by atoms with Gasteiger partial charge in [-0.25, -0.2) is 4.55 Å². The van der Waals surface area contributed by atoms with Crippen LogP contribution in [0.3, 0.4) is 0 Å².